The molecule has 1 aromatic rings. The van der Waals surface area contributed by atoms with Gasteiger partial charge in [0, 0.05) is 28.7 Å². The zero-order chi connectivity index (χ0) is 27.3. The van der Waals surface area contributed by atoms with Gasteiger partial charge in [0.1, 0.15) is 11.6 Å². The molecule has 38 heavy (non-hydrogen) atoms. The maximum Gasteiger partial charge on any atom is 0.254 e. The van der Waals surface area contributed by atoms with Crippen molar-refractivity contribution < 1.29 is 18.3 Å². The van der Waals surface area contributed by atoms with Crippen LogP contribution in [0.1, 0.15) is 102 Å². The molecule has 0 spiro atoms. The topological polar surface area (TPSA) is 38.3 Å². The normalized spacial score (nSPS) is 41.4. The van der Waals surface area contributed by atoms with Crippen LogP contribution in [0.15, 0.2) is 18.2 Å². The van der Waals surface area contributed by atoms with E-state index in [1.54, 1.807) is 0 Å². The van der Waals surface area contributed by atoms with E-state index in [4.69, 9.17) is 4.74 Å². The van der Waals surface area contributed by atoms with Crippen molar-refractivity contribution in [3.05, 3.63) is 35.4 Å². The Morgan fingerprint density at radius 1 is 1.08 bits per heavy atom. The molecule has 3 nitrogen and oxygen atoms in total. The number of alkyl halides is 1. The molecule has 2 unspecified atom stereocenters. The van der Waals surface area contributed by atoms with Gasteiger partial charge in [-0.1, -0.05) is 42.9 Å². The molecule has 0 aliphatic heterocycles. The van der Waals surface area contributed by atoms with Crippen LogP contribution in [0.3, 0.4) is 0 Å². The zero-order valence-corrected chi connectivity index (χ0v) is 25.8. The Hall–Kier alpha value is -0.760. The summed E-state index contributed by atoms with van der Waals surface area (Å²) in [7, 11) is 0. The van der Waals surface area contributed by atoms with Gasteiger partial charge in [0.15, 0.2) is 0 Å². The third-order valence-corrected chi connectivity index (χ3v) is 13.8. The zero-order valence-electron chi connectivity index (χ0n) is 23.6. The lowest BCUT2D eigenvalue weighted by molar-refractivity contribution is -0.129. The van der Waals surface area contributed by atoms with E-state index >= 15 is 0 Å². The van der Waals surface area contributed by atoms with Gasteiger partial charge in [-0.3, -0.25) is 4.79 Å². The third-order valence-electron chi connectivity index (χ3n) is 11.8. The Balaban J connectivity index is 1.33. The smallest absolute Gasteiger partial charge is 0.254 e. The number of halogens is 3. The summed E-state index contributed by atoms with van der Waals surface area (Å²) in [5.41, 5.74) is 0.492. The summed E-state index contributed by atoms with van der Waals surface area (Å²) in [6.45, 7) is 11.1. The minimum Gasteiger partial charge on any atom is -0.381 e. The van der Waals surface area contributed by atoms with Gasteiger partial charge in [0.05, 0.1) is 5.56 Å². The van der Waals surface area contributed by atoms with Crippen molar-refractivity contribution in [1.82, 2.24) is 5.32 Å². The van der Waals surface area contributed by atoms with Gasteiger partial charge in [-0.2, -0.15) is 0 Å². The number of amides is 1. The van der Waals surface area contributed by atoms with E-state index in [2.05, 4.69) is 55.6 Å². The first-order valence-corrected chi connectivity index (χ1v) is 16.1. The van der Waals surface area contributed by atoms with Crippen molar-refractivity contribution in [2.24, 2.45) is 40.4 Å². The molecule has 6 heteroatoms. The fourth-order valence-corrected chi connectivity index (χ4v) is 12.3. The molecule has 4 fully saturated rings. The summed E-state index contributed by atoms with van der Waals surface area (Å²) in [5, 5.41) is 3.13. The highest BCUT2D eigenvalue weighted by atomic mass is 127. The van der Waals surface area contributed by atoms with Gasteiger partial charge >= 0.3 is 0 Å². The summed E-state index contributed by atoms with van der Waals surface area (Å²) in [6.07, 6.45) is 12.6. The molecule has 1 aromatic carbocycles. The Labute approximate surface area is 241 Å². The highest BCUT2D eigenvalue weighted by molar-refractivity contribution is 14.1. The number of ether oxygens (including phenoxy) is 1. The van der Waals surface area contributed by atoms with E-state index < -0.39 is 17.5 Å². The van der Waals surface area contributed by atoms with Crippen LogP contribution in [0.25, 0.3) is 0 Å². The molecule has 9 atom stereocenters. The Morgan fingerprint density at radius 2 is 1.82 bits per heavy atom. The number of benzene rings is 1. The number of carbonyl (C=O) groups excluding carboxylic acids is 1. The van der Waals surface area contributed by atoms with E-state index in [0.29, 0.717) is 20.7 Å². The standard InChI is InChI=1S/C32H46F2INO2/c1-5-38-19-21-11-14-30(3)22(17-21)12-16-32(35)27-8-6-7-25(31(27,4)15-13-28(30)32)20(2)36-29(37)24-10-9-23(33)18-26(24)34/h9-10,18,20-22,25,27-28H,5-8,11-17,19H2,1-4H3,(H,36,37)/t20-,21-,22+,25?,27+,28?,30-,31+,32+/m0/s1. The maximum atomic E-state index is 14.3. The van der Waals surface area contributed by atoms with E-state index in [9.17, 15) is 13.6 Å². The summed E-state index contributed by atoms with van der Waals surface area (Å²) in [5.74, 6) is 1.37. The second kappa shape index (κ2) is 10.9. The van der Waals surface area contributed by atoms with E-state index in [1.165, 1.54) is 63.9 Å². The van der Waals surface area contributed by atoms with Crippen LogP contribution < -0.4 is 5.32 Å². The van der Waals surface area contributed by atoms with E-state index in [0.717, 1.165) is 49.5 Å². The molecule has 0 radical (unpaired) electrons. The lowest BCUT2D eigenvalue weighted by Crippen LogP contribution is -2.64. The van der Waals surface area contributed by atoms with Crippen molar-refractivity contribution in [1.29, 1.82) is 0 Å². The molecule has 0 aromatic heterocycles. The molecule has 0 heterocycles. The number of fused-ring (bicyclic) bond motifs is 5. The quantitative estimate of drug-likeness (QED) is 0.251. The van der Waals surface area contributed by atoms with Crippen LogP contribution >= 0.6 is 22.6 Å². The fourth-order valence-electron chi connectivity index (χ4n) is 9.90. The Bertz CT molecular complexity index is 1040. The first-order chi connectivity index (χ1) is 18.0. The van der Waals surface area contributed by atoms with Crippen LogP contribution in [0.4, 0.5) is 8.78 Å². The molecule has 212 valence electrons. The first-order valence-electron chi connectivity index (χ1n) is 15.1. The van der Waals surface area contributed by atoms with Gasteiger partial charge in [-0.15, -0.1) is 0 Å². The van der Waals surface area contributed by atoms with Gasteiger partial charge in [-0.05, 0) is 124 Å². The monoisotopic (exact) mass is 641 g/mol. The second-order valence-corrected chi connectivity index (χ2v) is 15.5. The number of rotatable bonds is 6. The molecule has 4 saturated carbocycles. The SMILES string of the molecule is CCOC[C@H]1CC[C@]2(C)C3CC[C@]4(C)C([C@H](C)NC(=O)c5ccc(F)cc5F)CCC[C@H]4[C@]3(I)CC[C@@H]2C1. The predicted molar refractivity (Wildman–Crippen MR) is 156 cm³/mol. The molecule has 1 amide bonds. The highest BCUT2D eigenvalue weighted by Crippen LogP contribution is 2.71. The van der Waals surface area contributed by atoms with Gasteiger partial charge in [0.25, 0.3) is 5.91 Å². The average molecular weight is 642 g/mol. The lowest BCUT2D eigenvalue weighted by atomic mass is 9.41. The van der Waals surface area contributed by atoms with E-state index in [1.807, 2.05) is 0 Å². The fraction of sp³-hybridized carbons (Fsp3) is 0.781. The third kappa shape index (κ3) is 4.86. The molecule has 5 rings (SSSR count). The van der Waals surface area contributed by atoms with Crippen molar-refractivity contribution in [2.45, 2.75) is 101 Å². The minimum absolute atomic E-state index is 0.0581. The van der Waals surface area contributed by atoms with Crippen molar-refractivity contribution in [3.63, 3.8) is 0 Å². The molecule has 1 N–H and O–H groups in total. The molecular weight excluding hydrogens is 595 g/mol. The molecular formula is C32H46F2INO2. The Kier molecular flexibility index (Phi) is 8.25. The maximum absolute atomic E-state index is 14.3. The minimum atomic E-state index is -0.796. The van der Waals surface area contributed by atoms with Crippen molar-refractivity contribution >= 4 is 28.5 Å². The van der Waals surface area contributed by atoms with Crippen LogP contribution in [-0.4, -0.2) is 28.6 Å². The van der Waals surface area contributed by atoms with Crippen molar-refractivity contribution in [2.75, 3.05) is 13.2 Å². The summed E-state index contributed by atoms with van der Waals surface area (Å²) in [4.78, 5) is 13.0. The second-order valence-electron chi connectivity index (χ2n) is 13.5. The number of hydrogen-bond acceptors (Lipinski definition) is 2. The summed E-state index contributed by atoms with van der Waals surface area (Å²) >= 11 is 2.92. The molecule has 4 aliphatic rings. The van der Waals surface area contributed by atoms with Crippen LogP contribution in [0, 0.1) is 52.1 Å². The van der Waals surface area contributed by atoms with Crippen LogP contribution in [0.2, 0.25) is 0 Å². The van der Waals surface area contributed by atoms with E-state index in [-0.39, 0.29) is 17.0 Å². The summed E-state index contributed by atoms with van der Waals surface area (Å²) < 4.78 is 33.8. The van der Waals surface area contributed by atoms with Gasteiger partial charge in [-0.25, -0.2) is 8.78 Å². The van der Waals surface area contributed by atoms with Crippen molar-refractivity contribution in [3.8, 4) is 0 Å². The first kappa shape index (κ1) is 28.8. The molecule has 0 bridgehead atoms. The van der Waals surface area contributed by atoms with Gasteiger partial charge < -0.3 is 10.1 Å². The van der Waals surface area contributed by atoms with Crippen LogP contribution in [-0.2, 0) is 4.74 Å². The number of nitrogens with one attached hydrogen (secondary N) is 1. The Morgan fingerprint density at radius 3 is 2.55 bits per heavy atom. The average Bonchev–Trinajstić information content (AvgIpc) is 2.86. The number of carbonyl (C=O) groups is 1. The van der Waals surface area contributed by atoms with Crippen LogP contribution in [0.5, 0.6) is 0 Å². The summed E-state index contributed by atoms with van der Waals surface area (Å²) in [6, 6.07) is 3.14. The lowest BCUT2D eigenvalue weighted by Gasteiger charge is -2.68. The van der Waals surface area contributed by atoms with Gasteiger partial charge in [0.2, 0.25) is 0 Å². The number of hydrogen-bond donors (Lipinski definition) is 1. The molecule has 0 saturated heterocycles. The predicted octanol–water partition coefficient (Wildman–Crippen LogP) is 8.34. The molecule has 4 aliphatic carbocycles. The largest absolute Gasteiger partial charge is 0.381 e. The highest BCUT2D eigenvalue weighted by Gasteiger charge is 2.65.